The zero-order valence-electron chi connectivity index (χ0n) is 16.4. The molecule has 0 fully saturated rings. The highest BCUT2D eigenvalue weighted by Crippen LogP contribution is 2.41. The van der Waals surface area contributed by atoms with E-state index >= 15 is 0 Å². The van der Waals surface area contributed by atoms with Gasteiger partial charge >= 0.3 is 0 Å². The van der Waals surface area contributed by atoms with Gasteiger partial charge in [-0.3, -0.25) is 19.4 Å². The van der Waals surface area contributed by atoms with Gasteiger partial charge in [0.2, 0.25) is 5.78 Å². The summed E-state index contributed by atoms with van der Waals surface area (Å²) < 4.78 is 0. The molecule has 0 atom stereocenters. The lowest BCUT2D eigenvalue weighted by molar-refractivity contribution is -0.113. The molecule has 0 saturated heterocycles. The van der Waals surface area contributed by atoms with Crippen LogP contribution in [0.1, 0.15) is 15.9 Å². The van der Waals surface area contributed by atoms with Crippen LogP contribution in [0.2, 0.25) is 0 Å². The molecule has 0 saturated carbocycles. The summed E-state index contributed by atoms with van der Waals surface area (Å²) >= 11 is 0. The molecule has 0 radical (unpaired) electrons. The number of fused-ring (bicyclic) bond motifs is 2. The Morgan fingerprint density at radius 2 is 1.57 bits per heavy atom. The van der Waals surface area contributed by atoms with Crippen LogP contribution < -0.4 is 10.2 Å². The fourth-order valence-electron chi connectivity index (χ4n) is 3.64. The van der Waals surface area contributed by atoms with Gasteiger partial charge in [-0.15, -0.1) is 0 Å². The van der Waals surface area contributed by atoms with E-state index in [-0.39, 0.29) is 11.7 Å². The maximum Gasteiger partial charge on any atom is 0.262 e. The average molecular weight is 376 g/mol. The topological polar surface area (TPSA) is 55.9 Å². The van der Waals surface area contributed by atoms with Crippen LogP contribution in [0.15, 0.2) is 54.2 Å². The molecule has 1 amide bonds. The highest BCUT2D eigenvalue weighted by Gasteiger charge is 2.39. The van der Waals surface area contributed by atoms with Gasteiger partial charge in [-0.2, -0.15) is 0 Å². The van der Waals surface area contributed by atoms with Crippen molar-refractivity contribution in [2.45, 2.75) is 0 Å². The van der Waals surface area contributed by atoms with Crippen molar-refractivity contribution < 1.29 is 9.59 Å². The van der Waals surface area contributed by atoms with E-state index in [1.807, 2.05) is 63.6 Å². The summed E-state index contributed by atoms with van der Waals surface area (Å²) in [6.07, 6.45) is 0. The lowest BCUT2D eigenvalue weighted by atomic mass is 10.0. The number of Topliss-reactive ketones (excluding diaryl/α,β-unsaturated/α-hetero) is 1. The molecule has 0 bridgehead atoms. The van der Waals surface area contributed by atoms with Gasteiger partial charge in [0, 0.05) is 29.9 Å². The Labute approximate surface area is 165 Å². The standard InChI is InChI=1S/C22H24N4O2/c1-24(2)12-13-25(3)14-26-18-11-7-5-9-16(18)19(22(26)28)20-21(27)15-8-4-6-10-17(15)23-20/h4-11,23H,12-14H2,1-3H3/b20-19-. The Kier molecular flexibility index (Phi) is 4.75. The first-order chi connectivity index (χ1) is 13.5. The molecular weight excluding hydrogens is 352 g/mol. The average Bonchev–Trinajstić information content (AvgIpc) is 3.15. The maximum absolute atomic E-state index is 13.4. The van der Waals surface area contributed by atoms with E-state index in [1.54, 1.807) is 11.0 Å². The van der Waals surface area contributed by atoms with Gasteiger partial charge in [-0.05, 0) is 39.3 Å². The summed E-state index contributed by atoms with van der Waals surface area (Å²) in [6, 6.07) is 15.0. The zero-order valence-corrected chi connectivity index (χ0v) is 16.4. The second-order valence-electron chi connectivity index (χ2n) is 7.52. The fraction of sp³-hybridized carbons (Fsp3) is 0.273. The smallest absolute Gasteiger partial charge is 0.262 e. The van der Waals surface area contributed by atoms with Gasteiger partial charge < -0.3 is 10.2 Å². The van der Waals surface area contributed by atoms with Crippen molar-refractivity contribution in [1.29, 1.82) is 0 Å². The third-order valence-electron chi connectivity index (χ3n) is 5.14. The first kappa shape index (κ1) is 18.4. The van der Waals surface area contributed by atoms with Crippen molar-refractivity contribution in [3.63, 3.8) is 0 Å². The fourth-order valence-corrected chi connectivity index (χ4v) is 3.64. The predicted octanol–water partition coefficient (Wildman–Crippen LogP) is 2.50. The third-order valence-corrected chi connectivity index (χ3v) is 5.14. The number of allylic oxidation sites excluding steroid dienone is 1. The summed E-state index contributed by atoms with van der Waals surface area (Å²) in [6.45, 7) is 2.22. The number of anilines is 2. The highest BCUT2D eigenvalue weighted by atomic mass is 16.2. The molecule has 0 spiro atoms. The van der Waals surface area contributed by atoms with E-state index in [2.05, 4.69) is 15.1 Å². The van der Waals surface area contributed by atoms with Gasteiger partial charge in [0.05, 0.1) is 17.9 Å². The largest absolute Gasteiger partial charge is 0.351 e. The van der Waals surface area contributed by atoms with Crippen LogP contribution in [0.3, 0.4) is 0 Å². The first-order valence-electron chi connectivity index (χ1n) is 9.37. The van der Waals surface area contributed by atoms with Crippen molar-refractivity contribution in [3.8, 4) is 0 Å². The molecular formula is C22H24N4O2. The Morgan fingerprint density at radius 1 is 0.893 bits per heavy atom. The second kappa shape index (κ2) is 7.22. The number of rotatable bonds is 5. The van der Waals surface area contributed by atoms with Crippen LogP contribution in [0, 0.1) is 0 Å². The summed E-state index contributed by atoms with van der Waals surface area (Å²) in [4.78, 5) is 32.3. The molecule has 144 valence electrons. The number of para-hydroxylation sites is 2. The van der Waals surface area contributed by atoms with Gasteiger partial charge in [0.25, 0.3) is 5.91 Å². The summed E-state index contributed by atoms with van der Waals surface area (Å²) in [5, 5.41) is 3.17. The Hall–Kier alpha value is -2.96. The van der Waals surface area contributed by atoms with Crippen LogP contribution in [-0.4, -0.2) is 62.4 Å². The number of amides is 1. The molecule has 2 aromatic carbocycles. The van der Waals surface area contributed by atoms with Crippen LogP contribution >= 0.6 is 0 Å². The molecule has 28 heavy (non-hydrogen) atoms. The Balaban J connectivity index is 1.70. The number of ketones is 1. The highest BCUT2D eigenvalue weighted by molar-refractivity contribution is 6.39. The van der Waals surface area contributed by atoms with E-state index in [0.717, 1.165) is 30.0 Å². The molecule has 4 rings (SSSR count). The summed E-state index contributed by atoms with van der Waals surface area (Å²) in [5.74, 6) is -0.266. The van der Waals surface area contributed by atoms with Crippen LogP contribution in [0.25, 0.3) is 5.57 Å². The number of hydrogen-bond donors (Lipinski definition) is 1. The van der Waals surface area contributed by atoms with Crippen LogP contribution in [0.4, 0.5) is 11.4 Å². The predicted molar refractivity (Wildman–Crippen MR) is 111 cm³/mol. The van der Waals surface area contributed by atoms with Crippen molar-refractivity contribution in [3.05, 3.63) is 65.4 Å². The lowest BCUT2D eigenvalue weighted by Gasteiger charge is -2.25. The van der Waals surface area contributed by atoms with Crippen LogP contribution in [-0.2, 0) is 4.79 Å². The van der Waals surface area contributed by atoms with Crippen molar-refractivity contribution in [2.75, 3.05) is 51.1 Å². The normalized spacial score (nSPS) is 18.1. The molecule has 6 nitrogen and oxygen atoms in total. The van der Waals surface area contributed by atoms with Crippen molar-refractivity contribution in [2.24, 2.45) is 0 Å². The Bertz CT molecular complexity index is 980. The van der Waals surface area contributed by atoms with Gasteiger partial charge in [-0.1, -0.05) is 30.3 Å². The Morgan fingerprint density at radius 3 is 2.29 bits per heavy atom. The van der Waals surface area contributed by atoms with Crippen LogP contribution in [0.5, 0.6) is 0 Å². The molecule has 0 aliphatic carbocycles. The van der Waals surface area contributed by atoms with Crippen molar-refractivity contribution in [1.82, 2.24) is 9.80 Å². The minimum atomic E-state index is -0.137. The number of carbonyl (C=O) groups is 2. The van der Waals surface area contributed by atoms with Gasteiger partial charge in [-0.25, -0.2) is 0 Å². The van der Waals surface area contributed by atoms with E-state index < -0.39 is 0 Å². The third kappa shape index (κ3) is 3.10. The maximum atomic E-state index is 13.4. The number of hydrogen-bond acceptors (Lipinski definition) is 5. The van der Waals surface area contributed by atoms with Crippen molar-refractivity contribution >= 4 is 28.6 Å². The molecule has 0 aromatic heterocycles. The van der Waals surface area contributed by atoms with E-state index in [1.165, 1.54) is 0 Å². The van der Waals surface area contributed by atoms with E-state index in [9.17, 15) is 9.59 Å². The monoisotopic (exact) mass is 376 g/mol. The number of nitrogens with zero attached hydrogens (tertiary/aromatic N) is 3. The molecule has 2 heterocycles. The van der Waals surface area contributed by atoms with Gasteiger partial charge in [0.15, 0.2) is 0 Å². The molecule has 2 aliphatic rings. The van der Waals surface area contributed by atoms with Gasteiger partial charge in [0.1, 0.15) is 5.70 Å². The number of likely N-dealkylation sites (N-methyl/N-ethyl adjacent to an activating group) is 2. The number of benzene rings is 2. The number of carbonyl (C=O) groups excluding carboxylic acids is 2. The minimum absolute atomic E-state index is 0.128. The molecule has 6 heteroatoms. The molecule has 2 aliphatic heterocycles. The molecule has 2 aromatic rings. The summed E-state index contributed by atoms with van der Waals surface area (Å²) in [5.41, 5.74) is 3.84. The lowest BCUT2D eigenvalue weighted by Crippen LogP contribution is -2.40. The molecule has 0 unspecified atom stereocenters. The SMILES string of the molecule is CN(C)CCN(C)CN1C(=O)/C(=C2\Nc3ccccc3C2=O)c2ccccc21. The molecule has 1 N–H and O–H groups in total. The quantitative estimate of drug-likeness (QED) is 0.813. The van der Waals surface area contributed by atoms with E-state index in [4.69, 9.17) is 0 Å². The number of nitrogens with one attached hydrogen (secondary N) is 1. The minimum Gasteiger partial charge on any atom is -0.351 e. The van der Waals surface area contributed by atoms with E-state index in [0.29, 0.717) is 23.5 Å². The summed E-state index contributed by atoms with van der Waals surface area (Å²) in [7, 11) is 6.06. The first-order valence-corrected chi connectivity index (χ1v) is 9.37. The zero-order chi connectivity index (χ0) is 19.8. The second-order valence-corrected chi connectivity index (χ2v) is 7.52.